The summed E-state index contributed by atoms with van der Waals surface area (Å²) in [5.41, 5.74) is 3.79. The summed E-state index contributed by atoms with van der Waals surface area (Å²) in [5.74, 6) is 0.553. The minimum absolute atomic E-state index is 0.00426. The van der Waals surface area contributed by atoms with Gasteiger partial charge in [-0.25, -0.2) is 14.4 Å². The summed E-state index contributed by atoms with van der Waals surface area (Å²) in [7, 11) is 2.98. The summed E-state index contributed by atoms with van der Waals surface area (Å²) in [6.07, 6.45) is 4.85. The van der Waals surface area contributed by atoms with Gasteiger partial charge in [0.1, 0.15) is 24.0 Å². The number of phenols is 1. The SMILES string of the molecule is C=CCN1[C@@H]2Cc3cc(C)c(OC)c(O)c3[C@H]1C1[C@@H]3SC[C@]4(NCCc5cc(OC(=O)OC(C)(C)C)c(OC)cc54)C(=O)OC[C@@H](c4c5c(c(C)c(OC(=O)/C=C/c6ccccc6)c43)OCO5)N1[C@H]2C#N. The molecule has 0 saturated carbocycles. The summed E-state index contributed by atoms with van der Waals surface area (Å²) >= 11 is 1.44. The second kappa shape index (κ2) is 18.5. The fourth-order valence-corrected chi connectivity index (χ4v) is 13.3. The predicted molar refractivity (Wildman–Crippen MR) is 262 cm³/mol. The molecule has 4 aromatic rings. The summed E-state index contributed by atoms with van der Waals surface area (Å²) in [4.78, 5) is 46.9. The van der Waals surface area contributed by atoms with Crippen molar-refractivity contribution in [2.75, 3.05) is 46.5 Å². The van der Waals surface area contributed by atoms with Crippen molar-refractivity contribution in [1.82, 2.24) is 15.1 Å². The molecule has 370 valence electrons. The number of carbonyl (C=O) groups excluding carboxylic acids is 3. The number of nitrogens with zero attached hydrogens (tertiary/aromatic N) is 3. The first-order valence-electron chi connectivity index (χ1n) is 23.6. The van der Waals surface area contributed by atoms with Crippen LogP contribution in [0.25, 0.3) is 6.08 Å². The van der Waals surface area contributed by atoms with Crippen molar-refractivity contribution >= 4 is 35.9 Å². The number of ether oxygens (including phenoxy) is 8. The number of thioether (sulfide) groups is 1. The zero-order chi connectivity index (χ0) is 50.1. The van der Waals surface area contributed by atoms with Gasteiger partial charge in [-0.15, -0.1) is 18.3 Å². The Morgan fingerprint density at radius 3 is 2.49 bits per heavy atom. The van der Waals surface area contributed by atoms with Crippen LogP contribution in [0.15, 0.2) is 67.3 Å². The molecule has 2 fully saturated rings. The minimum Gasteiger partial charge on any atom is -0.504 e. The molecule has 16 nitrogen and oxygen atoms in total. The number of esters is 2. The molecule has 17 heteroatoms. The van der Waals surface area contributed by atoms with Crippen LogP contribution in [0, 0.1) is 25.2 Å². The third-order valence-electron chi connectivity index (χ3n) is 14.3. The molecular weight excluding hydrogens is 929 g/mol. The number of fused-ring (bicyclic) bond motifs is 9. The molecule has 7 atom stereocenters. The molecule has 4 bridgehead atoms. The van der Waals surface area contributed by atoms with Crippen LogP contribution in [0.3, 0.4) is 0 Å². The number of rotatable bonds is 8. The maximum absolute atomic E-state index is 15.3. The molecule has 1 spiro atoms. The van der Waals surface area contributed by atoms with Gasteiger partial charge in [0.2, 0.25) is 6.79 Å². The van der Waals surface area contributed by atoms with Crippen LogP contribution < -0.4 is 33.7 Å². The molecular formula is C54H56N4O12S. The average molecular weight is 985 g/mol. The van der Waals surface area contributed by atoms with E-state index in [-0.39, 0.29) is 42.2 Å². The van der Waals surface area contributed by atoms with E-state index in [2.05, 4.69) is 27.8 Å². The van der Waals surface area contributed by atoms with Crippen molar-refractivity contribution in [3.8, 4) is 46.3 Å². The Balaban J connectivity index is 1.20. The lowest BCUT2D eigenvalue weighted by molar-refractivity contribution is -0.157. The summed E-state index contributed by atoms with van der Waals surface area (Å²) < 4.78 is 48.6. The number of hydrogen-bond donors (Lipinski definition) is 2. The normalized spacial score (nSPS) is 25.2. The maximum atomic E-state index is 15.3. The van der Waals surface area contributed by atoms with Crippen LogP contribution >= 0.6 is 11.8 Å². The van der Waals surface area contributed by atoms with Crippen molar-refractivity contribution in [3.63, 3.8) is 0 Å². The lowest BCUT2D eigenvalue weighted by Gasteiger charge is -2.62. The van der Waals surface area contributed by atoms with E-state index in [0.29, 0.717) is 71.0 Å². The third kappa shape index (κ3) is 8.01. The van der Waals surface area contributed by atoms with E-state index < -0.39 is 64.7 Å². The largest absolute Gasteiger partial charge is 0.514 e. The molecule has 2 saturated heterocycles. The van der Waals surface area contributed by atoms with Gasteiger partial charge < -0.3 is 43.0 Å². The molecule has 7 heterocycles. The van der Waals surface area contributed by atoms with E-state index in [1.165, 1.54) is 32.1 Å². The molecule has 11 rings (SSSR count). The smallest absolute Gasteiger partial charge is 0.504 e. The Labute approximate surface area is 416 Å². The van der Waals surface area contributed by atoms with Crippen LogP contribution in [0.2, 0.25) is 0 Å². The molecule has 0 aromatic heterocycles. The van der Waals surface area contributed by atoms with Crippen LogP contribution in [0.5, 0.6) is 40.2 Å². The first-order chi connectivity index (χ1) is 34.1. The molecule has 7 aliphatic rings. The monoisotopic (exact) mass is 984 g/mol. The molecule has 0 radical (unpaired) electrons. The number of nitriles is 1. The van der Waals surface area contributed by atoms with Crippen molar-refractivity contribution < 1.29 is 57.4 Å². The van der Waals surface area contributed by atoms with Gasteiger partial charge in [-0.05, 0) is 93.5 Å². The minimum atomic E-state index is -1.50. The average Bonchev–Trinajstić information content (AvgIpc) is 3.83. The highest BCUT2D eigenvalue weighted by molar-refractivity contribution is 7.99. The topological polar surface area (TPSA) is 188 Å². The first kappa shape index (κ1) is 47.9. The molecule has 7 aliphatic heterocycles. The van der Waals surface area contributed by atoms with E-state index >= 15 is 4.79 Å². The van der Waals surface area contributed by atoms with Crippen molar-refractivity contribution in [1.29, 1.82) is 5.26 Å². The van der Waals surface area contributed by atoms with Gasteiger partial charge >= 0.3 is 18.1 Å². The Morgan fingerprint density at radius 2 is 1.77 bits per heavy atom. The van der Waals surface area contributed by atoms with Crippen LogP contribution in [0.1, 0.15) is 88.2 Å². The Kier molecular flexibility index (Phi) is 12.5. The number of phenolic OH excluding ortho intramolecular Hbond substituents is 1. The Morgan fingerprint density at radius 1 is 1.00 bits per heavy atom. The van der Waals surface area contributed by atoms with Crippen LogP contribution in [-0.2, 0) is 37.4 Å². The lowest BCUT2D eigenvalue weighted by atomic mass is 9.71. The lowest BCUT2D eigenvalue weighted by Crippen LogP contribution is -2.70. The van der Waals surface area contributed by atoms with Gasteiger partial charge in [-0.3, -0.25) is 15.1 Å². The number of piperazine rings is 1. The van der Waals surface area contributed by atoms with Gasteiger partial charge in [0, 0.05) is 59.3 Å². The molecule has 2 N–H and O–H groups in total. The summed E-state index contributed by atoms with van der Waals surface area (Å²) in [6, 6.07) is 14.2. The number of aryl methyl sites for hydroxylation is 1. The highest BCUT2D eigenvalue weighted by Gasteiger charge is 2.62. The second-order valence-corrected chi connectivity index (χ2v) is 20.7. The summed E-state index contributed by atoms with van der Waals surface area (Å²) in [5, 5.41) is 26.8. The molecule has 4 aromatic carbocycles. The van der Waals surface area contributed by atoms with E-state index in [0.717, 1.165) is 22.3 Å². The molecule has 71 heavy (non-hydrogen) atoms. The number of hydrogen-bond acceptors (Lipinski definition) is 17. The third-order valence-corrected chi connectivity index (χ3v) is 15.8. The first-order valence-corrected chi connectivity index (χ1v) is 24.7. The Bertz CT molecular complexity index is 2930. The van der Waals surface area contributed by atoms with Crippen molar-refractivity contribution in [3.05, 3.63) is 117 Å². The molecule has 0 amide bonds. The van der Waals surface area contributed by atoms with Gasteiger partial charge in [0.15, 0.2) is 40.0 Å². The van der Waals surface area contributed by atoms with Crippen LogP contribution in [0.4, 0.5) is 4.79 Å². The van der Waals surface area contributed by atoms with Gasteiger partial charge in [-0.2, -0.15) is 5.26 Å². The summed E-state index contributed by atoms with van der Waals surface area (Å²) in [6.45, 7) is 13.4. The Hall–Kier alpha value is -6.71. The van der Waals surface area contributed by atoms with Gasteiger partial charge in [0.05, 0.1) is 37.6 Å². The molecule has 0 aliphatic carbocycles. The van der Waals surface area contributed by atoms with Gasteiger partial charge in [-0.1, -0.05) is 42.5 Å². The zero-order valence-corrected chi connectivity index (χ0v) is 41.5. The predicted octanol–water partition coefficient (Wildman–Crippen LogP) is 7.85. The standard InChI is InChI=1S/C54H56N4O12S/c1-9-19-57-34-21-32-20-28(2)46(64-8)45(60)40(32)43(57)44-50-42-41(49-48(66-27-67-49)29(3)47(42)69-39(59)16-15-30-13-11-10-12-14-30)36(58(44)35(34)24-55)25-65-51(61)54(26-71-50)33-23-37(63-7)38(22-31(33)17-18-56-54)68-52(62)70-53(4,5)6/h9-16,20,22-23,34-36,43-44,50,56,60H,1,17-19,21,25-27H2,2-8H3/b16-15+/t34-,35+,36+,43+,44?,50-,54-/m1/s1. The van der Waals surface area contributed by atoms with E-state index in [1.807, 2.05) is 50.2 Å². The van der Waals surface area contributed by atoms with E-state index in [9.17, 15) is 20.0 Å². The number of methoxy groups -OCH3 is 2. The van der Waals surface area contributed by atoms with E-state index in [4.69, 9.17) is 37.9 Å². The van der Waals surface area contributed by atoms with Crippen molar-refractivity contribution in [2.45, 2.75) is 94.1 Å². The zero-order valence-electron chi connectivity index (χ0n) is 40.7. The van der Waals surface area contributed by atoms with Crippen molar-refractivity contribution in [2.24, 2.45) is 0 Å². The maximum Gasteiger partial charge on any atom is 0.514 e. The fourth-order valence-electron chi connectivity index (χ4n) is 11.6. The highest BCUT2D eigenvalue weighted by atomic mass is 32.2. The van der Waals surface area contributed by atoms with Crippen LogP contribution in [-0.4, -0.2) is 103 Å². The number of benzene rings is 4. The number of carbonyl (C=O) groups is 3. The van der Waals surface area contributed by atoms with Gasteiger partial charge in [0.25, 0.3) is 0 Å². The van der Waals surface area contributed by atoms with E-state index in [1.54, 1.807) is 45.1 Å². The highest BCUT2D eigenvalue weighted by Crippen LogP contribution is 2.65. The number of aromatic hydroxyl groups is 1. The fraction of sp³-hybridized carbons (Fsp3) is 0.407. The molecule has 1 unspecified atom stereocenters. The second-order valence-electron chi connectivity index (χ2n) is 19.5. The number of nitrogens with one attached hydrogen (secondary N) is 1. The quantitative estimate of drug-likeness (QED) is 0.0571.